The summed E-state index contributed by atoms with van der Waals surface area (Å²) in [6.45, 7) is 0. The van der Waals surface area contributed by atoms with Crippen LogP contribution < -0.4 is 4.74 Å². The van der Waals surface area contributed by atoms with Crippen LogP contribution in [-0.4, -0.2) is 4.98 Å². The molecule has 0 radical (unpaired) electrons. The van der Waals surface area contributed by atoms with Gasteiger partial charge in [-0.3, -0.25) is 0 Å². The van der Waals surface area contributed by atoms with Gasteiger partial charge in [-0.2, -0.15) is 4.39 Å². The summed E-state index contributed by atoms with van der Waals surface area (Å²) in [5.41, 5.74) is 0. The van der Waals surface area contributed by atoms with Gasteiger partial charge in [0, 0.05) is 16.7 Å². The summed E-state index contributed by atoms with van der Waals surface area (Å²) in [5, 5.41) is 0. The van der Waals surface area contributed by atoms with Crippen LogP contribution in [0.4, 0.5) is 8.78 Å². The average molecular weight is 286 g/mol. The Hall–Kier alpha value is -1.49. The number of hydrogen-bond donors (Lipinski definition) is 0. The van der Waals surface area contributed by atoms with Gasteiger partial charge in [0.2, 0.25) is 5.95 Å². The predicted octanol–water partition coefficient (Wildman–Crippen LogP) is 3.91. The van der Waals surface area contributed by atoms with Gasteiger partial charge in [-0.15, -0.1) is 0 Å². The zero-order valence-electron chi connectivity index (χ0n) is 7.95. The standard InChI is InChI=1S/C11H6BrF2NO/c12-7-1-2-10(9(13)5-7)16-8-3-4-15-11(14)6-8/h1-6H. The molecule has 0 fully saturated rings. The normalized spacial score (nSPS) is 10.2. The highest BCUT2D eigenvalue weighted by Gasteiger charge is 2.05. The molecule has 5 heteroatoms. The lowest BCUT2D eigenvalue weighted by molar-refractivity contribution is 0.436. The minimum Gasteiger partial charge on any atom is -0.454 e. The summed E-state index contributed by atoms with van der Waals surface area (Å²) in [5.74, 6) is -0.955. The van der Waals surface area contributed by atoms with Gasteiger partial charge in [-0.25, -0.2) is 9.37 Å². The molecular weight excluding hydrogens is 280 g/mol. The van der Waals surface area contributed by atoms with E-state index in [0.717, 1.165) is 6.07 Å². The lowest BCUT2D eigenvalue weighted by Gasteiger charge is -2.06. The van der Waals surface area contributed by atoms with Gasteiger partial charge in [-0.05, 0) is 24.3 Å². The minimum atomic E-state index is -0.671. The van der Waals surface area contributed by atoms with Crippen molar-refractivity contribution < 1.29 is 13.5 Å². The highest BCUT2D eigenvalue weighted by molar-refractivity contribution is 9.10. The zero-order chi connectivity index (χ0) is 11.5. The fourth-order valence-corrected chi connectivity index (χ4v) is 1.47. The van der Waals surface area contributed by atoms with Crippen LogP contribution in [0.25, 0.3) is 0 Å². The number of benzene rings is 1. The fourth-order valence-electron chi connectivity index (χ4n) is 1.13. The van der Waals surface area contributed by atoms with E-state index in [9.17, 15) is 8.78 Å². The van der Waals surface area contributed by atoms with Gasteiger partial charge in [0.15, 0.2) is 11.6 Å². The number of hydrogen-bond acceptors (Lipinski definition) is 2. The average Bonchev–Trinajstić information content (AvgIpc) is 2.22. The van der Waals surface area contributed by atoms with Crippen LogP contribution in [0.5, 0.6) is 11.5 Å². The first-order valence-corrected chi connectivity index (χ1v) is 5.19. The highest BCUT2D eigenvalue weighted by Crippen LogP contribution is 2.26. The van der Waals surface area contributed by atoms with E-state index in [-0.39, 0.29) is 11.5 Å². The molecule has 0 aliphatic heterocycles. The minimum absolute atomic E-state index is 0.0359. The number of nitrogens with zero attached hydrogens (tertiary/aromatic N) is 1. The maximum Gasteiger partial charge on any atom is 0.216 e. The molecular formula is C11H6BrF2NO. The Kier molecular flexibility index (Phi) is 3.14. The molecule has 0 atom stereocenters. The van der Waals surface area contributed by atoms with Crippen molar-refractivity contribution >= 4 is 15.9 Å². The number of rotatable bonds is 2. The molecule has 1 heterocycles. The molecule has 0 saturated heterocycles. The molecule has 0 amide bonds. The second-order valence-electron chi connectivity index (χ2n) is 2.99. The molecule has 2 aromatic rings. The van der Waals surface area contributed by atoms with E-state index in [4.69, 9.17) is 4.74 Å². The topological polar surface area (TPSA) is 22.1 Å². The third kappa shape index (κ3) is 2.55. The predicted molar refractivity (Wildman–Crippen MR) is 58.4 cm³/mol. The molecule has 2 rings (SSSR count). The smallest absolute Gasteiger partial charge is 0.216 e. The first-order valence-electron chi connectivity index (χ1n) is 4.39. The third-order valence-electron chi connectivity index (χ3n) is 1.82. The molecule has 0 spiro atoms. The maximum absolute atomic E-state index is 13.4. The van der Waals surface area contributed by atoms with Crippen LogP contribution in [0.1, 0.15) is 0 Å². The Morgan fingerprint density at radius 2 is 1.94 bits per heavy atom. The Balaban J connectivity index is 2.27. The lowest BCUT2D eigenvalue weighted by Crippen LogP contribution is -1.90. The van der Waals surface area contributed by atoms with Gasteiger partial charge in [-0.1, -0.05) is 15.9 Å². The van der Waals surface area contributed by atoms with E-state index >= 15 is 0 Å². The van der Waals surface area contributed by atoms with E-state index in [1.165, 1.54) is 24.4 Å². The molecule has 1 aromatic carbocycles. The highest BCUT2D eigenvalue weighted by atomic mass is 79.9. The molecule has 1 aromatic heterocycles. The monoisotopic (exact) mass is 285 g/mol. The molecule has 82 valence electrons. The van der Waals surface area contributed by atoms with E-state index in [2.05, 4.69) is 20.9 Å². The van der Waals surface area contributed by atoms with Crippen molar-refractivity contribution in [2.24, 2.45) is 0 Å². The summed E-state index contributed by atoms with van der Waals surface area (Å²) in [7, 11) is 0. The van der Waals surface area contributed by atoms with Crippen molar-refractivity contribution in [3.8, 4) is 11.5 Å². The van der Waals surface area contributed by atoms with Crippen LogP contribution in [0, 0.1) is 11.8 Å². The third-order valence-corrected chi connectivity index (χ3v) is 2.31. The second kappa shape index (κ2) is 4.57. The first-order chi connectivity index (χ1) is 7.65. The van der Waals surface area contributed by atoms with Crippen molar-refractivity contribution in [3.05, 3.63) is 52.8 Å². The zero-order valence-corrected chi connectivity index (χ0v) is 9.54. The summed E-state index contributed by atoms with van der Waals surface area (Å²) in [4.78, 5) is 3.37. The fraction of sp³-hybridized carbons (Fsp3) is 0. The Morgan fingerprint density at radius 1 is 1.12 bits per heavy atom. The molecule has 2 nitrogen and oxygen atoms in total. The van der Waals surface area contributed by atoms with Crippen LogP contribution in [0.3, 0.4) is 0 Å². The van der Waals surface area contributed by atoms with Crippen LogP contribution in [0.15, 0.2) is 41.0 Å². The summed E-state index contributed by atoms with van der Waals surface area (Å²) >= 11 is 3.13. The van der Waals surface area contributed by atoms with Gasteiger partial charge in [0.1, 0.15) is 5.75 Å². The molecule has 0 aliphatic carbocycles. The number of halogens is 3. The molecule has 16 heavy (non-hydrogen) atoms. The van der Waals surface area contributed by atoms with E-state index in [1.807, 2.05) is 0 Å². The van der Waals surface area contributed by atoms with Gasteiger partial charge >= 0.3 is 0 Å². The molecule has 0 aliphatic rings. The molecule has 0 bridgehead atoms. The Bertz CT molecular complexity index is 519. The van der Waals surface area contributed by atoms with Gasteiger partial charge < -0.3 is 4.74 Å². The van der Waals surface area contributed by atoms with Crippen molar-refractivity contribution in [2.45, 2.75) is 0 Å². The summed E-state index contributed by atoms with van der Waals surface area (Å²) in [6, 6.07) is 6.90. The largest absolute Gasteiger partial charge is 0.454 e. The van der Waals surface area contributed by atoms with E-state index in [1.54, 1.807) is 6.07 Å². The van der Waals surface area contributed by atoms with E-state index < -0.39 is 11.8 Å². The van der Waals surface area contributed by atoms with Crippen LogP contribution in [0.2, 0.25) is 0 Å². The summed E-state index contributed by atoms with van der Waals surface area (Å²) in [6.07, 6.45) is 1.25. The van der Waals surface area contributed by atoms with Crippen LogP contribution in [-0.2, 0) is 0 Å². The van der Waals surface area contributed by atoms with Gasteiger partial charge in [0.05, 0.1) is 0 Å². The lowest BCUT2D eigenvalue weighted by atomic mass is 10.3. The SMILES string of the molecule is Fc1cc(Oc2ccc(Br)cc2F)ccn1. The Labute approximate surface area is 99.0 Å². The first kappa shape index (κ1) is 11.0. The van der Waals surface area contributed by atoms with Crippen molar-refractivity contribution in [3.63, 3.8) is 0 Å². The number of aromatic nitrogens is 1. The molecule has 0 N–H and O–H groups in total. The van der Waals surface area contributed by atoms with Crippen molar-refractivity contribution in [2.75, 3.05) is 0 Å². The number of pyridine rings is 1. The molecule has 0 saturated carbocycles. The second-order valence-corrected chi connectivity index (χ2v) is 3.91. The maximum atomic E-state index is 13.4. The van der Waals surface area contributed by atoms with Crippen molar-refractivity contribution in [1.82, 2.24) is 4.98 Å². The van der Waals surface area contributed by atoms with Gasteiger partial charge in [0.25, 0.3) is 0 Å². The quantitative estimate of drug-likeness (QED) is 0.781. The van der Waals surface area contributed by atoms with Crippen molar-refractivity contribution in [1.29, 1.82) is 0 Å². The Morgan fingerprint density at radius 3 is 2.62 bits per heavy atom. The van der Waals surface area contributed by atoms with E-state index in [0.29, 0.717) is 4.47 Å². The summed E-state index contributed by atoms with van der Waals surface area (Å²) < 4.78 is 31.9. The molecule has 0 unspecified atom stereocenters. The number of ether oxygens (including phenoxy) is 1. The van der Waals surface area contributed by atoms with Crippen LogP contribution >= 0.6 is 15.9 Å².